The Balaban J connectivity index is 2.36. The van der Waals surface area contributed by atoms with Crippen molar-refractivity contribution in [3.63, 3.8) is 0 Å². The van der Waals surface area contributed by atoms with Gasteiger partial charge < -0.3 is 9.47 Å². The van der Waals surface area contributed by atoms with Crippen molar-refractivity contribution in [2.24, 2.45) is 5.41 Å². The molecule has 0 heterocycles. The Morgan fingerprint density at radius 2 is 1.14 bits per heavy atom. The molecule has 0 aliphatic heterocycles. The van der Waals surface area contributed by atoms with Crippen molar-refractivity contribution in [1.82, 2.24) is 0 Å². The van der Waals surface area contributed by atoms with Crippen LogP contribution in [0.3, 0.4) is 0 Å². The van der Waals surface area contributed by atoms with Crippen LogP contribution < -0.4 is 9.47 Å². The number of carbonyl (C=O) groups is 2. The van der Waals surface area contributed by atoms with E-state index < -0.39 is 38.6 Å². The molecule has 29 heavy (non-hydrogen) atoms. The number of carbonyl (C=O) groups excluding carboxylic acids is 2. The van der Waals surface area contributed by atoms with Gasteiger partial charge in [0.05, 0.1) is 9.85 Å². The largest absolute Gasteiger partial charge is 0.418 e. The average molecular weight is 402 g/mol. The lowest BCUT2D eigenvalue weighted by atomic mass is 9.82. The van der Waals surface area contributed by atoms with Crippen LogP contribution in [0.2, 0.25) is 0 Å². The Kier molecular flexibility index (Phi) is 6.60. The average Bonchev–Trinajstić information content (AvgIpc) is 2.70. The fourth-order valence-electron chi connectivity index (χ4n) is 2.69. The van der Waals surface area contributed by atoms with Crippen LogP contribution in [0.4, 0.5) is 11.4 Å². The number of benzene rings is 2. The lowest BCUT2D eigenvalue weighted by Crippen LogP contribution is -2.44. The fraction of sp³-hybridized carbons (Fsp3) is 0.263. The van der Waals surface area contributed by atoms with E-state index in [4.69, 9.17) is 9.47 Å². The molecule has 2 aromatic rings. The molecule has 0 aromatic heterocycles. The van der Waals surface area contributed by atoms with Gasteiger partial charge in [-0.3, -0.25) is 29.8 Å². The van der Waals surface area contributed by atoms with Crippen LogP contribution in [0.25, 0.3) is 0 Å². The zero-order chi connectivity index (χ0) is 21.6. The zero-order valence-corrected chi connectivity index (χ0v) is 15.7. The van der Waals surface area contributed by atoms with Crippen LogP contribution in [0.1, 0.15) is 26.7 Å². The molecule has 0 fully saturated rings. The number of nitro benzene ring substituents is 2. The highest BCUT2D eigenvalue weighted by atomic mass is 16.6. The van der Waals surface area contributed by atoms with Crippen molar-refractivity contribution in [3.05, 3.63) is 68.8 Å². The number of para-hydroxylation sites is 4. The van der Waals surface area contributed by atoms with Crippen LogP contribution in [-0.4, -0.2) is 21.8 Å². The van der Waals surface area contributed by atoms with Gasteiger partial charge in [0, 0.05) is 12.1 Å². The highest BCUT2D eigenvalue weighted by Crippen LogP contribution is 2.35. The fourth-order valence-corrected chi connectivity index (χ4v) is 2.69. The van der Waals surface area contributed by atoms with Gasteiger partial charge >= 0.3 is 23.3 Å². The zero-order valence-electron chi connectivity index (χ0n) is 15.7. The van der Waals surface area contributed by atoms with Gasteiger partial charge in [-0.2, -0.15) is 0 Å². The molecule has 0 aliphatic carbocycles. The third kappa shape index (κ3) is 4.37. The molecule has 10 heteroatoms. The van der Waals surface area contributed by atoms with Gasteiger partial charge in [0.15, 0.2) is 5.41 Å². The molecule has 0 saturated heterocycles. The van der Waals surface area contributed by atoms with Crippen molar-refractivity contribution < 1.29 is 28.9 Å². The van der Waals surface area contributed by atoms with E-state index in [-0.39, 0.29) is 24.3 Å². The number of ether oxygens (including phenoxy) is 2. The standard InChI is InChI=1S/C19H18N2O8/c1-3-19(4-2,17(22)28-15-11-7-5-9-13(15)20(24)25)18(23)29-16-12-8-6-10-14(16)21(26)27/h5-12H,3-4H2,1-2H3. The number of hydrogen-bond acceptors (Lipinski definition) is 8. The summed E-state index contributed by atoms with van der Waals surface area (Å²) in [5, 5.41) is 22.3. The predicted octanol–water partition coefficient (Wildman–Crippen LogP) is 3.82. The molecule has 0 unspecified atom stereocenters. The van der Waals surface area contributed by atoms with E-state index in [0.29, 0.717) is 0 Å². The lowest BCUT2D eigenvalue weighted by molar-refractivity contribution is -0.385. The third-order valence-corrected chi connectivity index (χ3v) is 4.52. The van der Waals surface area contributed by atoms with Gasteiger partial charge in [0.2, 0.25) is 11.5 Å². The quantitative estimate of drug-likeness (QED) is 0.213. The summed E-state index contributed by atoms with van der Waals surface area (Å²) in [7, 11) is 0. The molecule has 2 aromatic carbocycles. The summed E-state index contributed by atoms with van der Waals surface area (Å²) in [6, 6.07) is 10.5. The maximum Gasteiger partial charge on any atom is 0.329 e. The molecule has 0 amide bonds. The van der Waals surface area contributed by atoms with Crippen LogP contribution in [-0.2, 0) is 9.59 Å². The highest BCUT2D eigenvalue weighted by molar-refractivity contribution is 6.02. The first kappa shape index (κ1) is 21.5. The molecule has 2 rings (SSSR count). The Hall–Kier alpha value is -3.82. The second kappa shape index (κ2) is 8.91. The van der Waals surface area contributed by atoms with Crippen molar-refractivity contribution in [3.8, 4) is 11.5 Å². The van der Waals surface area contributed by atoms with Crippen LogP contribution in [0.5, 0.6) is 11.5 Å². The summed E-state index contributed by atoms with van der Waals surface area (Å²) < 4.78 is 10.4. The van der Waals surface area contributed by atoms with E-state index in [1.165, 1.54) is 36.4 Å². The maximum atomic E-state index is 12.8. The molecule has 152 valence electrons. The van der Waals surface area contributed by atoms with E-state index in [2.05, 4.69) is 0 Å². The number of esters is 2. The van der Waals surface area contributed by atoms with Crippen molar-refractivity contribution in [2.45, 2.75) is 26.7 Å². The van der Waals surface area contributed by atoms with Crippen LogP contribution >= 0.6 is 0 Å². The first-order valence-electron chi connectivity index (χ1n) is 8.68. The minimum absolute atomic E-state index is 0.0393. The highest BCUT2D eigenvalue weighted by Gasteiger charge is 2.47. The summed E-state index contributed by atoms with van der Waals surface area (Å²) in [4.78, 5) is 46.5. The van der Waals surface area contributed by atoms with Gasteiger partial charge in [0.25, 0.3) is 0 Å². The summed E-state index contributed by atoms with van der Waals surface area (Å²) >= 11 is 0. The molecule has 0 N–H and O–H groups in total. The molecule has 0 spiro atoms. The van der Waals surface area contributed by atoms with Crippen molar-refractivity contribution in [2.75, 3.05) is 0 Å². The van der Waals surface area contributed by atoms with E-state index in [1.807, 2.05) is 0 Å². The SMILES string of the molecule is CCC(CC)(C(=O)Oc1ccccc1[N+](=O)[O-])C(=O)Oc1ccccc1[N+](=O)[O-]. The molecule has 0 bridgehead atoms. The van der Waals surface area contributed by atoms with Crippen molar-refractivity contribution >= 4 is 23.3 Å². The summed E-state index contributed by atoms with van der Waals surface area (Å²) in [6.45, 7) is 3.09. The van der Waals surface area contributed by atoms with Crippen LogP contribution in [0.15, 0.2) is 48.5 Å². The number of rotatable bonds is 8. The van der Waals surface area contributed by atoms with Crippen molar-refractivity contribution in [1.29, 1.82) is 0 Å². The Morgan fingerprint density at radius 1 is 0.793 bits per heavy atom. The van der Waals surface area contributed by atoms with Gasteiger partial charge in [0.1, 0.15) is 0 Å². The van der Waals surface area contributed by atoms with E-state index >= 15 is 0 Å². The summed E-state index contributed by atoms with van der Waals surface area (Å²) in [5.74, 6) is -2.71. The number of nitrogens with zero attached hydrogens (tertiary/aromatic N) is 2. The van der Waals surface area contributed by atoms with E-state index in [0.717, 1.165) is 12.1 Å². The molecule has 10 nitrogen and oxygen atoms in total. The van der Waals surface area contributed by atoms with E-state index in [9.17, 15) is 29.8 Å². The van der Waals surface area contributed by atoms with E-state index in [1.54, 1.807) is 13.8 Å². The summed E-state index contributed by atoms with van der Waals surface area (Å²) in [5.41, 5.74) is -2.67. The first-order valence-corrected chi connectivity index (χ1v) is 8.68. The predicted molar refractivity (Wildman–Crippen MR) is 100 cm³/mol. The van der Waals surface area contributed by atoms with Crippen LogP contribution in [0, 0.1) is 25.6 Å². The van der Waals surface area contributed by atoms with Gasteiger partial charge in [-0.15, -0.1) is 0 Å². The molecular weight excluding hydrogens is 384 g/mol. The van der Waals surface area contributed by atoms with Gasteiger partial charge in [-0.05, 0) is 25.0 Å². The topological polar surface area (TPSA) is 139 Å². The van der Waals surface area contributed by atoms with Gasteiger partial charge in [-0.1, -0.05) is 38.1 Å². The molecule has 0 radical (unpaired) electrons. The second-order valence-corrected chi connectivity index (χ2v) is 6.02. The number of nitro groups is 2. The normalized spacial score (nSPS) is 10.8. The minimum Gasteiger partial charge on any atom is -0.418 e. The molecule has 0 saturated carbocycles. The molecular formula is C19H18N2O8. The summed E-state index contributed by atoms with van der Waals surface area (Å²) in [6.07, 6.45) is -0.0785. The Labute approximate surface area is 165 Å². The maximum absolute atomic E-state index is 12.8. The minimum atomic E-state index is -1.80. The molecule has 0 atom stereocenters. The smallest absolute Gasteiger partial charge is 0.329 e. The first-order chi connectivity index (χ1) is 13.8. The monoisotopic (exact) mass is 402 g/mol. The third-order valence-electron chi connectivity index (χ3n) is 4.52. The second-order valence-electron chi connectivity index (χ2n) is 6.02. The van der Waals surface area contributed by atoms with Gasteiger partial charge in [-0.25, -0.2) is 0 Å². The Bertz CT molecular complexity index is 879. The number of hydrogen-bond donors (Lipinski definition) is 0. The Morgan fingerprint density at radius 3 is 1.45 bits per heavy atom. The molecule has 0 aliphatic rings. The lowest BCUT2D eigenvalue weighted by Gasteiger charge is -2.26.